The Morgan fingerprint density at radius 3 is 2.67 bits per heavy atom. The van der Waals surface area contributed by atoms with Gasteiger partial charge in [-0.15, -0.1) is 0 Å². The smallest absolute Gasteiger partial charge is 0.238 e. The fourth-order valence-electron chi connectivity index (χ4n) is 2.79. The van der Waals surface area contributed by atoms with Gasteiger partial charge in [-0.2, -0.15) is 0 Å². The maximum Gasteiger partial charge on any atom is 0.238 e. The minimum atomic E-state index is -3.32. The Kier molecular flexibility index (Phi) is 5.67. The molecule has 1 N–H and O–H groups in total. The van der Waals surface area contributed by atoms with Gasteiger partial charge in [0.25, 0.3) is 0 Å². The first kappa shape index (κ1) is 19.2. The number of benzene rings is 2. The number of amides is 1. The lowest BCUT2D eigenvalue weighted by molar-refractivity contribution is -0.117. The number of hydrogen-bond acceptors (Lipinski definition) is 6. The molecule has 7 nitrogen and oxygen atoms in total. The highest BCUT2D eigenvalue weighted by molar-refractivity contribution is 7.90. The van der Waals surface area contributed by atoms with Crippen molar-refractivity contribution in [2.75, 3.05) is 31.5 Å². The molecule has 2 aromatic rings. The molecular formula is C19H22N2O5S. The lowest BCUT2D eigenvalue weighted by atomic mass is 10.2. The average molecular weight is 390 g/mol. The molecule has 0 spiro atoms. The van der Waals surface area contributed by atoms with Crippen LogP contribution in [0, 0.1) is 0 Å². The maximum atomic E-state index is 12.4. The normalized spacial score (nSPS) is 13.0. The lowest BCUT2D eigenvalue weighted by Gasteiger charge is -2.20. The number of hydrogen-bond donors (Lipinski definition) is 1. The van der Waals surface area contributed by atoms with Gasteiger partial charge in [0, 0.05) is 18.5 Å². The van der Waals surface area contributed by atoms with Crippen LogP contribution in [-0.2, 0) is 21.2 Å². The molecule has 0 aromatic heterocycles. The summed E-state index contributed by atoms with van der Waals surface area (Å²) in [6, 6.07) is 12.0. The van der Waals surface area contributed by atoms with E-state index in [9.17, 15) is 13.2 Å². The van der Waals surface area contributed by atoms with Crippen molar-refractivity contribution in [2.24, 2.45) is 0 Å². The molecule has 1 amide bonds. The summed E-state index contributed by atoms with van der Waals surface area (Å²) in [5.41, 5.74) is 1.48. The van der Waals surface area contributed by atoms with Crippen LogP contribution < -0.4 is 14.8 Å². The summed E-state index contributed by atoms with van der Waals surface area (Å²) in [5, 5.41) is 2.76. The quantitative estimate of drug-likeness (QED) is 0.781. The minimum absolute atomic E-state index is 0.174. The van der Waals surface area contributed by atoms with Crippen LogP contribution in [0.4, 0.5) is 5.69 Å². The van der Waals surface area contributed by atoms with Crippen molar-refractivity contribution in [3.8, 4) is 11.5 Å². The van der Waals surface area contributed by atoms with Crippen LogP contribution in [0.25, 0.3) is 0 Å². The molecule has 1 aliphatic heterocycles. The molecule has 1 aliphatic rings. The van der Waals surface area contributed by atoms with Gasteiger partial charge in [-0.1, -0.05) is 19.1 Å². The van der Waals surface area contributed by atoms with E-state index in [4.69, 9.17) is 9.47 Å². The number of sulfone groups is 1. The lowest BCUT2D eigenvalue weighted by Crippen LogP contribution is -2.32. The van der Waals surface area contributed by atoms with Crippen LogP contribution in [-0.4, -0.2) is 45.4 Å². The number of nitrogens with zero attached hydrogens (tertiary/aromatic N) is 1. The Bertz CT molecular complexity index is 943. The summed E-state index contributed by atoms with van der Waals surface area (Å²) in [6.45, 7) is 3.67. The monoisotopic (exact) mass is 390 g/mol. The SMILES string of the molecule is CCN(CC(=O)Nc1cccc(S(C)(=O)=O)c1)Cc1ccc2c(c1)OCO2. The molecule has 1 heterocycles. The van der Waals surface area contributed by atoms with Crippen molar-refractivity contribution in [2.45, 2.75) is 18.4 Å². The summed E-state index contributed by atoms with van der Waals surface area (Å²) in [7, 11) is -3.32. The van der Waals surface area contributed by atoms with Crippen molar-refractivity contribution in [3.05, 3.63) is 48.0 Å². The molecule has 0 bridgehead atoms. The van der Waals surface area contributed by atoms with Gasteiger partial charge in [0.05, 0.1) is 11.4 Å². The second-order valence-electron chi connectivity index (χ2n) is 6.34. The molecule has 8 heteroatoms. The van der Waals surface area contributed by atoms with Crippen molar-refractivity contribution in [3.63, 3.8) is 0 Å². The highest BCUT2D eigenvalue weighted by atomic mass is 32.2. The number of nitrogens with one attached hydrogen (secondary N) is 1. The van der Waals surface area contributed by atoms with E-state index < -0.39 is 9.84 Å². The summed E-state index contributed by atoms with van der Waals surface area (Å²) in [4.78, 5) is 14.5. The fraction of sp³-hybridized carbons (Fsp3) is 0.316. The van der Waals surface area contributed by atoms with Crippen molar-refractivity contribution in [1.29, 1.82) is 0 Å². The van der Waals surface area contributed by atoms with Crippen molar-refractivity contribution >= 4 is 21.4 Å². The number of likely N-dealkylation sites (N-methyl/N-ethyl adjacent to an activating group) is 1. The topological polar surface area (TPSA) is 84.9 Å². The first-order valence-electron chi connectivity index (χ1n) is 8.56. The Hall–Kier alpha value is -2.58. The Morgan fingerprint density at radius 2 is 1.93 bits per heavy atom. The fourth-order valence-corrected chi connectivity index (χ4v) is 3.45. The number of anilines is 1. The van der Waals surface area contributed by atoms with E-state index in [1.54, 1.807) is 12.1 Å². The molecule has 0 radical (unpaired) electrons. The van der Waals surface area contributed by atoms with Gasteiger partial charge in [0.15, 0.2) is 21.3 Å². The summed E-state index contributed by atoms with van der Waals surface area (Å²) in [5.74, 6) is 1.24. The zero-order valence-corrected chi connectivity index (χ0v) is 16.1. The third-order valence-electron chi connectivity index (χ3n) is 4.20. The van der Waals surface area contributed by atoms with Gasteiger partial charge in [-0.3, -0.25) is 9.69 Å². The Morgan fingerprint density at radius 1 is 1.15 bits per heavy atom. The average Bonchev–Trinajstić information content (AvgIpc) is 3.08. The number of ether oxygens (including phenoxy) is 2. The summed E-state index contributed by atoms with van der Waals surface area (Å²) < 4.78 is 34.0. The predicted molar refractivity (Wildman–Crippen MR) is 102 cm³/mol. The molecule has 144 valence electrons. The van der Waals surface area contributed by atoms with Crippen molar-refractivity contribution < 1.29 is 22.7 Å². The molecule has 27 heavy (non-hydrogen) atoms. The predicted octanol–water partition coefficient (Wildman–Crippen LogP) is 2.28. The number of rotatable bonds is 7. The highest BCUT2D eigenvalue weighted by Crippen LogP contribution is 2.32. The van der Waals surface area contributed by atoms with Crippen LogP contribution in [0.1, 0.15) is 12.5 Å². The first-order valence-corrected chi connectivity index (χ1v) is 10.4. The van der Waals surface area contributed by atoms with Crippen LogP contribution in [0.3, 0.4) is 0 Å². The van der Waals surface area contributed by atoms with Gasteiger partial charge in [-0.25, -0.2) is 8.42 Å². The van der Waals surface area contributed by atoms with E-state index in [1.165, 1.54) is 12.1 Å². The van der Waals surface area contributed by atoms with Gasteiger partial charge < -0.3 is 14.8 Å². The standard InChI is InChI=1S/C19H22N2O5S/c1-3-21(11-14-7-8-17-18(9-14)26-13-25-17)12-19(22)20-15-5-4-6-16(10-15)27(2,23)24/h4-10H,3,11-13H2,1-2H3,(H,20,22). The number of carbonyl (C=O) groups is 1. The third-order valence-corrected chi connectivity index (χ3v) is 5.31. The molecule has 0 atom stereocenters. The van der Waals surface area contributed by atoms with E-state index in [2.05, 4.69) is 5.32 Å². The van der Waals surface area contributed by atoms with Gasteiger partial charge in [0.1, 0.15) is 0 Å². The van der Waals surface area contributed by atoms with Gasteiger partial charge >= 0.3 is 0 Å². The Balaban J connectivity index is 1.62. The largest absolute Gasteiger partial charge is 0.454 e. The molecule has 3 rings (SSSR count). The number of fused-ring (bicyclic) bond motifs is 1. The van der Waals surface area contributed by atoms with E-state index in [-0.39, 0.29) is 24.1 Å². The maximum absolute atomic E-state index is 12.4. The molecular weight excluding hydrogens is 368 g/mol. The van der Waals surface area contributed by atoms with E-state index >= 15 is 0 Å². The molecule has 0 saturated heterocycles. The second-order valence-corrected chi connectivity index (χ2v) is 8.35. The molecule has 0 unspecified atom stereocenters. The van der Waals surface area contributed by atoms with Gasteiger partial charge in [-0.05, 0) is 42.4 Å². The highest BCUT2D eigenvalue weighted by Gasteiger charge is 2.16. The number of carbonyl (C=O) groups excluding carboxylic acids is 1. The van der Waals surface area contributed by atoms with E-state index in [0.29, 0.717) is 24.5 Å². The Labute approximate surface area is 158 Å². The summed E-state index contributed by atoms with van der Waals surface area (Å²) in [6.07, 6.45) is 1.14. The molecule has 0 fully saturated rings. The van der Waals surface area contributed by atoms with Crippen LogP contribution in [0.15, 0.2) is 47.4 Å². The van der Waals surface area contributed by atoms with Crippen LogP contribution >= 0.6 is 0 Å². The van der Waals surface area contributed by atoms with Crippen LogP contribution in [0.2, 0.25) is 0 Å². The van der Waals surface area contributed by atoms with E-state index in [1.807, 2.05) is 30.0 Å². The zero-order chi connectivity index (χ0) is 19.4. The third kappa shape index (κ3) is 4.99. The first-order chi connectivity index (χ1) is 12.8. The molecule has 2 aromatic carbocycles. The second kappa shape index (κ2) is 7.98. The van der Waals surface area contributed by atoms with E-state index in [0.717, 1.165) is 17.6 Å². The minimum Gasteiger partial charge on any atom is -0.454 e. The van der Waals surface area contributed by atoms with Crippen molar-refractivity contribution in [1.82, 2.24) is 4.90 Å². The van der Waals surface area contributed by atoms with Gasteiger partial charge in [0.2, 0.25) is 12.7 Å². The van der Waals surface area contributed by atoms with Crippen LogP contribution in [0.5, 0.6) is 11.5 Å². The zero-order valence-electron chi connectivity index (χ0n) is 15.3. The summed E-state index contributed by atoms with van der Waals surface area (Å²) >= 11 is 0. The molecule has 0 saturated carbocycles. The molecule has 0 aliphatic carbocycles.